The van der Waals surface area contributed by atoms with Gasteiger partial charge in [-0.1, -0.05) is 17.8 Å². The van der Waals surface area contributed by atoms with E-state index in [2.05, 4.69) is 40.8 Å². The van der Waals surface area contributed by atoms with Gasteiger partial charge in [-0.3, -0.25) is 0 Å². The summed E-state index contributed by atoms with van der Waals surface area (Å²) in [6.07, 6.45) is 5.44. The van der Waals surface area contributed by atoms with E-state index in [1.165, 1.54) is 35.1 Å². The minimum Gasteiger partial charge on any atom is -0.396 e. The number of nitrogen functional groups attached to an aromatic ring is 1. The summed E-state index contributed by atoms with van der Waals surface area (Å²) in [7, 11) is 4.14. The number of allylic oxidation sites excluding steroid dienone is 1. The molecule has 0 saturated carbocycles. The first-order valence-corrected chi connectivity index (χ1v) is 11.7. The molecule has 1 aromatic heterocycles. The molecule has 0 aliphatic carbocycles. The van der Waals surface area contributed by atoms with Crippen LogP contribution in [0.15, 0.2) is 47.1 Å². The van der Waals surface area contributed by atoms with Gasteiger partial charge in [0.1, 0.15) is 23.8 Å². The van der Waals surface area contributed by atoms with Crippen molar-refractivity contribution in [3.05, 3.63) is 58.5 Å². The van der Waals surface area contributed by atoms with Crippen LogP contribution in [0.2, 0.25) is 0 Å². The van der Waals surface area contributed by atoms with Crippen LogP contribution in [0.4, 0.5) is 21.6 Å². The summed E-state index contributed by atoms with van der Waals surface area (Å²) in [5.74, 6) is 0.720. The molecular weight excluding hydrogens is 425 g/mol. The second-order valence-corrected chi connectivity index (χ2v) is 9.40. The quantitative estimate of drug-likeness (QED) is 0.633. The smallest absolute Gasteiger partial charge is 0.148 e. The number of hydrogen-bond donors (Lipinski definition) is 1. The zero-order valence-electron chi connectivity index (χ0n) is 19.1. The van der Waals surface area contributed by atoms with Crippen molar-refractivity contribution in [2.24, 2.45) is 0 Å². The van der Waals surface area contributed by atoms with Crippen LogP contribution >= 0.6 is 11.8 Å². The molecule has 1 atom stereocenters. The predicted molar refractivity (Wildman–Crippen MR) is 132 cm³/mol. The Morgan fingerprint density at radius 1 is 1.25 bits per heavy atom. The lowest BCUT2D eigenvalue weighted by atomic mass is 10.2. The number of thioether (sulfide) groups is 1. The lowest BCUT2D eigenvalue weighted by Crippen LogP contribution is -2.24. The number of carbonyl (C=O) groups is 1. The Bertz CT molecular complexity index is 946. The zero-order chi connectivity index (χ0) is 23.3. The van der Waals surface area contributed by atoms with Crippen LogP contribution in [0.1, 0.15) is 37.1 Å². The van der Waals surface area contributed by atoms with Gasteiger partial charge in [0, 0.05) is 68.2 Å². The third kappa shape index (κ3) is 5.18. The highest BCUT2D eigenvalue weighted by Crippen LogP contribution is 2.47. The standard InChI is InChI=1S/C23H30FN5S.CH2O/c1-16-21(10-13-27(2)18-7-8-20(25)19(24)14-18)28(3)23(30-16)17-6-9-22(26-15-17)29-11-4-5-12-29;1-2/h6-9,14-15,23H,4-5,10-13,25H2,1-3H3;1H2. The minimum absolute atomic E-state index is 0.185. The molecule has 172 valence electrons. The van der Waals surface area contributed by atoms with Crippen LogP contribution in [-0.2, 0) is 4.79 Å². The van der Waals surface area contributed by atoms with E-state index in [4.69, 9.17) is 15.5 Å². The molecule has 0 spiro atoms. The number of halogens is 1. The number of pyridine rings is 1. The van der Waals surface area contributed by atoms with Crippen molar-refractivity contribution >= 4 is 35.7 Å². The fraction of sp³-hybridized carbons (Fsp3) is 0.417. The number of rotatable bonds is 6. The van der Waals surface area contributed by atoms with E-state index in [1.54, 1.807) is 6.07 Å². The minimum atomic E-state index is -0.367. The van der Waals surface area contributed by atoms with Crippen LogP contribution in [0.3, 0.4) is 0 Å². The van der Waals surface area contributed by atoms with Crippen LogP contribution in [-0.4, -0.2) is 50.4 Å². The number of benzene rings is 1. The molecule has 1 saturated heterocycles. The Labute approximate surface area is 194 Å². The first kappa shape index (κ1) is 23.9. The van der Waals surface area contributed by atoms with Crippen molar-refractivity contribution in [2.45, 2.75) is 31.6 Å². The molecule has 1 fully saturated rings. The highest BCUT2D eigenvalue weighted by molar-refractivity contribution is 8.03. The van der Waals surface area contributed by atoms with E-state index in [0.717, 1.165) is 37.6 Å². The summed E-state index contributed by atoms with van der Waals surface area (Å²) < 4.78 is 13.8. The second-order valence-electron chi connectivity index (χ2n) is 8.11. The van der Waals surface area contributed by atoms with Gasteiger partial charge in [-0.2, -0.15) is 0 Å². The van der Waals surface area contributed by atoms with Gasteiger partial charge in [-0.15, -0.1) is 0 Å². The highest BCUT2D eigenvalue weighted by Gasteiger charge is 2.29. The van der Waals surface area contributed by atoms with E-state index >= 15 is 0 Å². The van der Waals surface area contributed by atoms with Crippen molar-refractivity contribution in [1.29, 1.82) is 0 Å². The Hall–Kier alpha value is -2.74. The zero-order valence-corrected chi connectivity index (χ0v) is 19.9. The molecule has 1 aromatic carbocycles. The molecule has 2 N–H and O–H groups in total. The van der Waals surface area contributed by atoms with Crippen LogP contribution in [0.25, 0.3) is 0 Å². The number of nitrogens with zero attached hydrogens (tertiary/aromatic N) is 4. The average molecular weight is 458 g/mol. The summed E-state index contributed by atoms with van der Waals surface area (Å²) in [4.78, 5) is 20.9. The lowest BCUT2D eigenvalue weighted by molar-refractivity contribution is -0.0979. The monoisotopic (exact) mass is 457 g/mol. The topological polar surface area (TPSA) is 65.7 Å². The number of carbonyl (C=O) groups excluding carboxylic acids is 1. The fourth-order valence-electron chi connectivity index (χ4n) is 4.18. The molecule has 0 radical (unpaired) electrons. The maximum atomic E-state index is 13.8. The molecule has 2 aromatic rings. The van der Waals surface area contributed by atoms with Crippen LogP contribution in [0.5, 0.6) is 0 Å². The summed E-state index contributed by atoms with van der Waals surface area (Å²) in [5.41, 5.74) is 9.18. The van der Waals surface area contributed by atoms with Gasteiger partial charge in [-0.25, -0.2) is 9.37 Å². The van der Waals surface area contributed by atoms with Gasteiger partial charge in [0.2, 0.25) is 0 Å². The van der Waals surface area contributed by atoms with Crippen molar-refractivity contribution < 1.29 is 9.18 Å². The SMILES string of the molecule is C=O.CC1=C(CCN(C)c2ccc(N)c(F)c2)N(C)C(c2ccc(N3CCCC3)nc2)S1. The maximum Gasteiger partial charge on any atom is 0.148 e. The Morgan fingerprint density at radius 3 is 2.59 bits per heavy atom. The molecular formula is C24H32FN5OS. The Kier molecular flexibility index (Phi) is 8.01. The second kappa shape index (κ2) is 10.7. The summed E-state index contributed by atoms with van der Waals surface area (Å²) in [6, 6.07) is 9.36. The van der Waals surface area contributed by atoms with Crippen molar-refractivity contribution in [2.75, 3.05) is 49.3 Å². The third-order valence-corrected chi connectivity index (χ3v) is 7.47. The highest BCUT2D eigenvalue weighted by atomic mass is 32.2. The van der Waals surface area contributed by atoms with Crippen molar-refractivity contribution in [1.82, 2.24) is 9.88 Å². The third-order valence-electron chi connectivity index (χ3n) is 6.07. The molecule has 1 unspecified atom stereocenters. The molecule has 3 heterocycles. The normalized spacial score (nSPS) is 18.1. The predicted octanol–water partition coefficient (Wildman–Crippen LogP) is 4.65. The Morgan fingerprint density at radius 2 is 1.97 bits per heavy atom. The van der Waals surface area contributed by atoms with Gasteiger partial charge < -0.3 is 25.2 Å². The maximum absolute atomic E-state index is 13.8. The molecule has 0 bridgehead atoms. The van der Waals surface area contributed by atoms with Crippen molar-refractivity contribution in [3.8, 4) is 0 Å². The first-order chi connectivity index (χ1) is 15.4. The molecule has 2 aliphatic rings. The molecule has 0 amide bonds. The van der Waals surface area contributed by atoms with E-state index in [1.807, 2.05) is 37.9 Å². The van der Waals surface area contributed by atoms with E-state index in [0.29, 0.717) is 0 Å². The molecule has 6 nitrogen and oxygen atoms in total. The number of aromatic nitrogens is 1. The molecule has 8 heteroatoms. The summed E-state index contributed by atoms with van der Waals surface area (Å²) in [5, 5.41) is 0.249. The fourth-order valence-corrected chi connectivity index (χ4v) is 5.46. The lowest BCUT2D eigenvalue weighted by Gasteiger charge is -2.27. The van der Waals surface area contributed by atoms with Gasteiger partial charge in [0.05, 0.1) is 5.69 Å². The number of anilines is 3. The molecule has 2 aliphatic heterocycles. The van der Waals surface area contributed by atoms with E-state index in [-0.39, 0.29) is 16.9 Å². The Balaban J connectivity index is 0.00000141. The summed E-state index contributed by atoms with van der Waals surface area (Å²) in [6.45, 7) is 7.21. The average Bonchev–Trinajstić information content (AvgIpc) is 3.44. The van der Waals surface area contributed by atoms with Crippen LogP contribution in [0, 0.1) is 5.82 Å². The summed E-state index contributed by atoms with van der Waals surface area (Å²) >= 11 is 1.88. The van der Waals surface area contributed by atoms with Gasteiger partial charge in [-0.05, 0) is 44.0 Å². The molecule has 4 rings (SSSR count). The van der Waals surface area contributed by atoms with Gasteiger partial charge in [0.25, 0.3) is 0 Å². The molecule has 32 heavy (non-hydrogen) atoms. The van der Waals surface area contributed by atoms with Gasteiger partial charge >= 0.3 is 0 Å². The largest absolute Gasteiger partial charge is 0.396 e. The van der Waals surface area contributed by atoms with E-state index < -0.39 is 0 Å². The van der Waals surface area contributed by atoms with Crippen molar-refractivity contribution in [3.63, 3.8) is 0 Å². The van der Waals surface area contributed by atoms with Crippen LogP contribution < -0.4 is 15.5 Å². The number of hydrogen-bond acceptors (Lipinski definition) is 7. The van der Waals surface area contributed by atoms with Gasteiger partial charge in [0.15, 0.2) is 0 Å². The van der Waals surface area contributed by atoms with E-state index in [9.17, 15) is 4.39 Å². The first-order valence-electron chi connectivity index (χ1n) is 10.8. The number of nitrogens with two attached hydrogens (primary N) is 1.